The summed E-state index contributed by atoms with van der Waals surface area (Å²) in [5.41, 5.74) is 3.37. The van der Waals surface area contributed by atoms with Gasteiger partial charge < -0.3 is 0 Å². The van der Waals surface area contributed by atoms with Crippen LogP contribution in [0.1, 0.15) is 27.0 Å². The van der Waals surface area contributed by atoms with Crippen molar-refractivity contribution in [3.8, 4) is 0 Å². The quantitative estimate of drug-likeness (QED) is 0.717. The van der Waals surface area contributed by atoms with Gasteiger partial charge in [0.15, 0.2) is 5.78 Å². The lowest BCUT2D eigenvalue weighted by Gasteiger charge is -2.03. The zero-order chi connectivity index (χ0) is 12.6. The average Bonchev–Trinajstić information content (AvgIpc) is 2.61. The van der Waals surface area contributed by atoms with Crippen molar-refractivity contribution in [1.29, 1.82) is 0 Å². The van der Waals surface area contributed by atoms with Crippen LogP contribution in [0.5, 0.6) is 0 Å². The molecule has 1 aromatic heterocycles. The molecule has 2 rings (SSSR count). The standard InChI is InChI=1S/C13H10Cl2OS/c1-7-3-4-9(5-8(7)2)12(16)10-6-11(14)17-13(10)15/h3-6H,1-2H3. The molecule has 4 heteroatoms. The number of rotatable bonds is 2. The number of halogens is 2. The van der Waals surface area contributed by atoms with Crippen molar-refractivity contribution in [2.75, 3.05) is 0 Å². The molecule has 0 N–H and O–H groups in total. The first-order chi connectivity index (χ1) is 7.99. The first-order valence-electron chi connectivity index (χ1n) is 5.06. The van der Waals surface area contributed by atoms with Gasteiger partial charge >= 0.3 is 0 Å². The van der Waals surface area contributed by atoms with Crippen LogP contribution in [0.4, 0.5) is 0 Å². The lowest BCUT2D eigenvalue weighted by atomic mass is 10.0. The van der Waals surface area contributed by atoms with E-state index in [2.05, 4.69) is 0 Å². The van der Waals surface area contributed by atoms with Crippen LogP contribution < -0.4 is 0 Å². The van der Waals surface area contributed by atoms with Crippen molar-refractivity contribution < 1.29 is 4.79 Å². The fourth-order valence-corrected chi connectivity index (χ4v) is 2.99. The third-order valence-electron chi connectivity index (χ3n) is 2.67. The summed E-state index contributed by atoms with van der Waals surface area (Å²) in [6.45, 7) is 3.99. The molecule has 2 aromatic rings. The van der Waals surface area contributed by atoms with Gasteiger partial charge in [-0.3, -0.25) is 4.79 Å². The minimum absolute atomic E-state index is 0.0822. The molecular weight excluding hydrogens is 275 g/mol. The molecule has 88 valence electrons. The maximum atomic E-state index is 12.2. The van der Waals surface area contributed by atoms with E-state index in [-0.39, 0.29) is 5.78 Å². The molecule has 0 saturated carbocycles. The van der Waals surface area contributed by atoms with Gasteiger partial charge in [0.05, 0.1) is 9.90 Å². The van der Waals surface area contributed by atoms with Gasteiger partial charge in [0.2, 0.25) is 0 Å². The number of carbonyl (C=O) groups is 1. The van der Waals surface area contributed by atoms with Crippen LogP contribution in [0.25, 0.3) is 0 Å². The number of carbonyl (C=O) groups excluding carboxylic acids is 1. The van der Waals surface area contributed by atoms with Gasteiger partial charge in [-0.15, -0.1) is 11.3 Å². The lowest BCUT2D eigenvalue weighted by Crippen LogP contribution is -2.01. The van der Waals surface area contributed by atoms with Gasteiger partial charge in [-0.05, 0) is 37.1 Å². The van der Waals surface area contributed by atoms with Crippen LogP contribution in [-0.2, 0) is 0 Å². The van der Waals surface area contributed by atoms with Crippen LogP contribution in [0.15, 0.2) is 24.3 Å². The third kappa shape index (κ3) is 2.54. The average molecular weight is 285 g/mol. The lowest BCUT2D eigenvalue weighted by molar-refractivity contribution is 0.103. The molecule has 0 unspecified atom stereocenters. The van der Waals surface area contributed by atoms with Gasteiger partial charge in [0, 0.05) is 5.56 Å². The molecule has 0 aliphatic carbocycles. The van der Waals surface area contributed by atoms with Gasteiger partial charge in [-0.25, -0.2) is 0 Å². The van der Waals surface area contributed by atoms with Crippen molar-refractivity contribution >= 4 is 40.3 Å². The second-order valence-corrected chi connectivity index (χ2v) is 6.15. The van der Waals surface area contributed by atoms with E-state index in [0.29, 0.717) is 19.8 Å². The zero-order valence-corrected chi connectivity index (χ0v) is 11.7. The number of benzene rings is 1. The number of aryl methyl sites for hydroxylation is 2. The van der Waals surface area contributed by atoms with Gasteiger partial charge in [-0.1, -0.05) is 35.3 Å². The van der Waals surface area contributed by atoms with E-state index < -0.39 is 0 Å². The molecule has 0 spiro atoms. The highest BCUT2D eigenvalue weighted by molar-refractivity contribution is 7.20. The molecule has 0 bridgehead atoms. The summed E-state index contributed by atoms with van der Waals surface area (Å²) in [6.07, 6.45) is 0. The van der Waals surface area contributed by atoms with Crippen molar-refractivity contribution in [3.05, 3.63) is 55.2 Å². The topological polar surface area (TPSA) is 17.1 Å². The van der Waals surface area contributed by atoms with Crippen LogP contribution in [0.2, 0.25) is 8.67 Å². The molecule has 1 heterocycles. The second kappa shape index (κ2) is 4.81. The molecule has 0 atom stereocenters. The summed E-state index contributed by atoms with van der Waals surface area (Å²) in [4.78, 5) is 12.2. The molecule has 0 saturated heterocycles. The Labute approximate surface area is 114 Å². The Bertz CT molecular complexity index is 587. The number of hydrogen-bond donors (Lipinski definition) is 0. The molecule has 1 nitrogen and oxygen atoms in total. The molecule has 0 radical (unpaired) electrons. The smallest absolute Gasteiger partial charge is 0.195 e. The monoisotopic (exact) mass is 284 g/mol. The van der Waals surface area contributed by atoms with E-state index in [1.165, 1.54) is 11.3 Å². The molecule has 1 aromatic carbocycles. The maximum absolute atomic E-state index is 12.2. The minimum Gasteiger partial charge on any atom is -0.289 e. The van der Waals surface area contributed by atoms with Gasteiger partial charge in [-0.2, -0.15) is 0 Å². The summed E-state index contributed by atoms with van der Waals surface area (Å²) in [6, 6.07) is 7.24. The minimum atomic E-state index is -0.0822. The molecule has 0 amide bonds. The summed E-state index contributed by atoms with van der Waals surface area (Å²) < 4.78 is 0.973. The van der Waals surface area contributed by atoms with Crippen molar-refractivity contribution in [2.24, 2.45) is 0 Å². The Morgan fingerprint density at radius 2 is 1.82 bits per heavy atom. The van der Waals surface area contributed by atoms with Crippen LogP contribution in [-0.4, -0.2) is 5.78 Å². The van der Waals surface area contributed by atoms with E-state index in [1.54, 1.807) is 6.07 Å². The largest absolute Gasteiger partial charge is 0.289 e. The fraction of sp³-hybridized carbons (Fsp3) is 0.154. The van der Waals surface area contributed by atoms with E-state index in [0.717, 1.165) is 11.1 Å². The summed E-state index contributed by atoms with van der Waals surface area (Å²) >= 11 is 13.0. The number of ketones is 1. The number of thiophene rings is 1. The highest BCUT2D eigenvalue weighted by atomic mass is 35.5. The molecule has 0 fully saturated rings. The summed E-state index contributed by atoms with van der Waals surface area (Å²) in [5, 5.41) is 0. The molecule has 17 heavy (non-hydrogen) atoms. The van der Waals surface area contributed by atoms with Gasteiger partial charge in [0.1, 0.15) is 4.34 Å². The van der Waals surface area contributed by atoms with Crippen molar-refractivity contribution in [3.63, 3.8) is 0 Å². The van der Waals surface area contributed by atoms with Crippen LogP contribution in [0.3, 0.4) is 0 Å². The van der Waals surface area contributed by atoms with Gasteiger partial charge in [0.25, 0.3) is 0 Å². The first kappa shape index (κ1) is 12.6. The highest BCUT2D eigenvalue weighted by Gasteiger charge is 2.16. The zero-order valence-electron chi connectivity index (χ0n) is 9.38. The SMILES string of the molecule is Cc1ccc(C(=O)c2cc(Cl)sc2Cl)cc1C. The van der Waals surface area contributed by atoms with E-state index >= 15 is 0 Å². The van der Waals surface area contributed by atoms with E-state index in [9.17, 15) is 4.79 Å². The molecule has 0 aliphatic heterocycles. The highest BCUT2D eigenvalue weighted by Crippen LogP contribution is 2.32. The Morgan fingerprint density at radius 3 is 2.35 bits per heavy atom. The predicted octanol–water partition coefficient (Wildman–Crippen LogP) is 4.90. The normalized spacial score (nSPS) is 10.6. The van der Waals surface area contributed by atoms with Crippen molar-refractivity contribution in [2.45, 2.75) is 13.8 Å². The molecule has 0 aliphatic rings. The Kier molecular flexibility index (Phi) is 3.57. The van der Waals surface area contributed by atoms with Crippen LogP contribution >= 0.6 is 34.5 Å². The van der Waals surface area contributed by atoms with E-state index in [1.807, 2.05) is 32.0 Å². The Balaban J connectivity index is 2.44. The Hall–Kier alpha value is -0.830. The summed E-state index contributed by atoms with van der Waals surface area (Å²) in [7, 11) is 0. The maximum Gasteiger partial charge on any atom is 0.195 e. The van der Waals surface area contributed by atoms with Crippen LogP contribution in [0, 0.1) is 13.8 Å². The Morgan fingerprint density at radius 1 is 1.12 bits per heavy atom. The number of hydrogen-bond acceptors (Lipinski definition) is 2. The first-order valence-corrected chi connectivity index (χ1v) is 6.63. The van der Waals surface area contributed by atoms with E-state index in [4.69, 9.17) is 23.2 Å². The third-order valence-corrected chi connectivity index (χ3v) is 4.16. The predicted molar refractivity (Wildman–Crippen MR) is 73.7 cm³/mol. The van der Waals surface area contributed by atoms with Crippen molar-refractivity contribution in [1.82, 2.24) is 0 Å². The second-order valence-electron chi connectivity index (χ2n) is 3.87. The molecular formula is C13H10Cl2OS. The fourth-order valence-electron chi connectivity index (χ4n) is 1.53. The summed E-state index contributed by atoms with van der Waals surface area (Å²) in [5.74, 6) is -0.0822.